The number of ether oxygens (including phenoxy) is 1. The van der Waals surface area contributed by atoms with Gasteiger partial charge in [-0.15, -0.1) is 0 Å². The molecule has 3 aromatic rings. The van der Waals surface area contributed by atoms with Gasteiger partial charge in [0.2, 0.25) is 0 Å². The number of nitrogens with zero attached hydrogens (tertiary/aromatic N) is 5. The Morgan fingerprint density at radius 3 is 2.37 bits per heavy atom. The molecular weight excluding hydrogens is 342 g/mol. The summed E-state index contributed by atoms with van der Waals surface area (Å²) in [4.78, 5) is 15.8. The fourth-order valence-corrected chi connectivity index (χ4v) is 2.65. The number of carbonyl (C=O) groups excluding carboxylic acids is 1. The molecule has 0 atom stereocenters. The second-order valence-electron chi connectivity index (χ2n) is 6.18. The zero-order chi connectivity index (χ0) is 18.9. The lowest BCUT2D eigenvalue weighted by Gasteiger charge is -2.21. The zero-order valence-corrected chi connectivity index (χ0v) is 15.4. The number of rotatable bonds is 8. The van der Waals surface area contributed by atoms with Gasteiger partial charge in [-0.1, -0.05) is 77.8 Å². The first-order valence-corrected chi connectivity index (χ1v) is 9.07. The van der Waals surface area contributed by atoms with E-state index in [1.165, 1.54) is 4.80 Å². The molecule has 1 heterocycles. The van der Waals surface area contributed by atoms with Gasteiger partial charge in [-0.2, -0.15) is 4.80 Å². The van der Waals surface area contributed by atoms with Crippen molar-refractivity contribution in [1.29, 1.82) is 0 Å². The summed E-state index contributed by atoms with van der Waals surface area (Å²) < 4.78 is 5.35. The van der Waals surface area contributed by atoms with Crippen molar-refractivity contribution in [2.45, 2.75) is 32.9 Å². The van der Waals surface area contributed by atoms with E-state index < -0.39 is 6.09 Å². The van der Waals surface area contributed by atoms with Gasteiger partial charge >= 0.3 is 12.1 Å². The van der Waals surface area contributed by atoms with Crippen molar-refractivity contribution in [2.24, 2.45) is 0 Å². The van der Waals surface area contributed by atoms with Crippen LogP contribution in [0, 0.1) is 0 Å². The van der Waals surface area contributed by atoms with Crippen LogP contribution in [-0.2, 0) is 19.5 Å². The first kappa shape index (κ1) is 18.6. The number of benzene rings is 2. The van der Waals surface area contributed by atoms with E-state index in [1.54, 1.807) is 4.90 Å². The van der Waals surface area contributed by atoms with E-state index in [4.69, 9.17) is 4.74 Å². The molecule has 0 saturated heterocycles. The van der Waals surface area contributed by atoms with Crippen LogP contribution in [0.3, 0.4) is 0 Å². The third-order valence-corrected chi connectivity index (χ3v) is 4.02. The lowest BCUT2D eigenvalue weighted by Crippen LogP contribution is -2.35. The summed E-state index contributed by atoms with van der Waals surface area (Å²) in [5.41, 5.74) is 2.19. The van der Waals surface area contributed by atoms with E-state index in [0.717, 1.165) is 24.0 Å². The molecule has 7 nitrogen and oxygen atoms in total. The molecule has 0 radical (unpaired) electrons. The predicted molar refractivity (Wildman–Crippen MR) is 101 cm³/mol. The molecule has 27 heavy (non-hydrogen) atoms. The van der Waals surface area contributed by atoms with Crippen LogP contribution < -0.4 is 4.74 Å². The lowest BCUT2D eigenvalue weighted by atomic mass is 10.1. The van der Waals surface area contributed by atoms with Gasteiger partial charge in [0.15, 0.2) is 0 Å². The minimum atomic E-state index is -0.481. The van der Waals surface area contributed by atoms with Crippen molar-refractivity contribution in [2.75, 3.05) is 6.54 Å². The number of carbonyl (C=O) groups is 1. The summed E-state index contributed by atoms with van der Waals surface area (Å²) in [6.45, 7) is 3.63. The van der Waals surface area contributed by atoms with Crippen molar-refractivity contribution in [3.8, 4) is 6.01 Å². The van der Waals surface area contributed by atoms with Crippen molar-refractivity contribution in [3.05, 3.63) is 71.8 Å². The fraction of sp³-hybridized carbons (Fsp3) is 0.300. The van der Waals surface area contributed by atoms with Crippen molar-refractivity contribution in [3.63, 3.8) is 0 Å². The van der Waals surface area contributed by atoms with E-state index >= 15 is 0 Å². The number of hydrogen-bond acceptors (Lipinski definition) is 5. The number of hydrogen-bond donors (Lipinski definition) is 0. The summed E-state index contributed by atoms with van der Waals surface area (Å²) in [6.07, 6.45) is 1.13. The average Bonchev–Trinajstić information content (AvgIpc) is 3.14. The first-order chi connectivity index (χ1) is 13.2. The van der Waals surface area contributed by atoms with Gasteiger partial charge in [-0.05, 0) is 29.2 Å². The van der Waals surface area contributed by atoms with E-state index in [0.29, 0.717) is 19.6 Å². The molecular formula is C20H23N5O2. The maximum absolute atomic E-state index is 12.7. The second kappa shape index (κ2) is 9.47. The topological polar surface area (TPSA) is 73.1 Å². The van der Waals surface area contributed by atoms with Crippen molar-refractivity contribution in [1.82, 2.24) is 25.1 Å². The molecule has 1 aromatic heterocycles. The van der Waals surface area contributed by atoms with Crippen LogP contribution in [0.15, 0.2) is 60.7 Å². The third kappa shape index (κ3) is 5.64. The summed E-state index contributed by atoms with van der Waals surface area (Å²) >= 11 is 0. The quantitative estimate of drug-likeness (QED) is 0.612. The van der Waals surface area contributed by atoms with E-state index in [9.17, 15) is 4.79 Å². The van der Waals surface area contributed by atoms with Gasteiger partial charge in [0, 0.05) is 13.1 Å². The normalized spacial score (nSPS) is 10.6. The monoisotopic (exact) mass is 365 g/mol. The lowest BCUT2D eigenvalue weighted by molar-refractivity contribution is 0.146. The Morgan fingerprint density at radius 1 is 1.04 bits per heavy atom. The molecule has 2 aromatic carbocycles. The molecule has 0 aliphatic rings. The number of amides is 1. The highest BCUT2D eigenvalue weighted by Gasteiger charge is 2.19. The summed E-state index contributed by atoms with van der Waals surface area (Å²) in [7, 11) is 0. The van der Waals surface area contributed by atoms with Crippen molar-refractivity contribution >= 4 is 6.09 Å². The highest BCUT2D eigenvalue weighted by molar-refractivity contribution is 5.69. The van der Waals surface area contributed by atoms with Gasteiger partial charge in [0.25, 0.3) is 0 Å². The van der Waals surface area contributed by atoms with Crippen LogP contribution in [0.5, 0.6) is 6.01 Å². The summed E-state index contributed by atoms with van der Waals surface area (Å²) in [6, 6.07) is 19.9. The summed E-state index contributed by atoms with van der Waals surface area (Å²) in [5.74, 6) is 0. The number of aromatic nitrogens is 4. The average molecular weight is 365 g/mol. The van der Waals surface area contributed by atoms with Crippen LogP contribution in [0.2, 0.25) is 0 Å². The molecule has 0 N–H and O–H groups in total. The Bertz CT molecular complexity index is 836. The molecule has 7 heteroatoms. The number of tetrazole rings is 1. The van der Waals surface area contributed by atoms with E-state index in [-0.39, 0.29) is 6.01 Å². The first-order valence-electron chi connectivity index (χ1n) is 9.07. The van der Waals surface area contributed by atoms with Gasteiger partial charge in [-0.3, -0.25) is 0 Å². The minimum absolute atomic E-state index is 0.0220. The fourth-order valence-electron chi connectivity index (χ4n) is 2.65. The van der Waals surface area contributed by atoms with Gasteiger partial charge in [0.05, 0.1) is 6.54 Å². The smallest absolute Gasteiger partial charge is 0.372 e. The van der Waals surface area contributed by atoms with Crippen molar-refractivity contribution < 1.29 is 9.53 Å². The van der Waals surface area contributed by atoms with Crippen LogP contribution in [0.1, 0.15) is 24.5 Å². The molecule has 0 aliphatic heterocycles. The molecule has 0 fully saturated rings. The Kier molecular flexibility index (Phi) is 6.51. The molecule has 0 aliphatic carbocycles. The highest BCUT2D eigenvalue weighted by Crippen LogP contribution is 2.10. The number of aryl methyl sites for hydroxylation is 1. The molecule has 0 spiro atoms. The highest BCUT2D eigenvalue weighted by atomic mass is 16.6. The van der Waals surface area contributed by atoms with Gasteiger partial charge in [-0.25, -0.2) is 4.79 Å². The van der Waals surface area contributed by atoms with Crippen LogP contribution >= 0.6 is 0 Å². The molecule has 140 valence electrons. The maximum atomic E-state index is 12.7. The molecule has 0 bridgehead atoms. The van der Waals surface area contributed by atoms with Crippen LogP contribution in [-0.4, -0.2) is 37.7 Å². The second-order valence-corrected chi connectivity index (χ2v) is 6.18. The largest absolute Gasteiger partial charge is 0.418 e. The van der Waals surface area contributed by atoms with Gasteiger partial charge < -0.3 is 9.64 Å². The van der Waals surface area contributed by atoms with Crippen LogP contribution in [0.4, 0.5) is 4.79 Å². The molecule has 1 amide bonds. The SMILES string of the molecule is CCCn1nnc(OC(=O)N(CCc2ccccc2)Cc2ccccc2)n1. The Labute approximate surface area is 158 Å². The summed E-state index contributed by atoms with van der Waals surface area (Å²) in [5, 5.41) is 11.7. The van der Waals surface area contributed by atoms with Crippen LogP contribution in [0.25, 0.3) is 0 Å². The standard InChI is InChI=1S/C20H23N5O2/c1-2-14-25-22-19(21-23-25)27-20(26)24(16-18-11-7-4-8-12-18)15-13-17-9-5-3-6-10-17/h3-12H,2,13-16H2,1H3. The maximum Gasteiger partial charge on any atom is 0.418 e. The third-order valence-electron chi connectivity index (χ3n) is 4.02. The molecule has 0 unspecified atom stereocenters. The predicted octanol–water partition coefficient (Wildman–Crippen LogP) is 3.33. The van der Waals surface area contributed by atoms with E-state index in [2.05, 4.69) is 15.4 Å². The Morgan fingerprint density at radius 2 is 1.70 bits per heavy atom. The minimum Gasteiger partial charge on any atom is -0.372 e. The van der Waals surface area contributed by atoms with E-state index in [1.807, 2.05) is 67.6 Å². The zero-order valence-electron chi connectivity index (χ0n) is 15.4. The van der Waals surface area contributed by atoms with Gasteiger partial charge in [0.1, 0.15) is 0 Å². The molecule has 3 rings (SSSR count). The Hall–Kier alpha value is -3.22. The molecule has 0 saturated carbocycles. The Balaban J connectivity index is 1.67.